The van der Waals surface area contributed by atoms with Crippen LogP contribution in [0.3, 0.4) is 0 Å². The Bertz CT molecular complexity index is 586. The lowest BCUT2D eigenvalue weighted by Gasteiger charge is -2.15. The summed E-state index contributed by atoms with van der Waals surface area (Å²) in [6, 6.07) is 3.81. The van der Waals surface area contributed by atoms with Gasteiger partial charge in [0.1, 0.15) is 5.69 Å². The fraction of sp³-hybridized carbons (Fsp3) is 0.500. The molecule has 1 rings (SSSR count). The first-order valence-electron chi connectivity index (χ1n) is 5.99. The van der Waals surface area contributed by atoms with Gasteiger partial charge in [-0.05, 0) is 25.5 Å². The Morgan fingerprint density at radius 2 is 2.10 bits per heavy atom. The van der Waals surface area contributed by atoms with Crippen molar-refractivity contribution in [2.75, 3.05) is 25.3 Å². The van der Waals surface area contributed by atoms with E-state index in [-0.39, 0.29) is 16.6 Å². The molecule has 0 saturated heterocycles. The molecule has 0 spiro atoms. The fourth-order valence-electron chi connectivity index (χ4n) is 1.65. The van der Waals surface area contributed by atoms with Crippen molar-refractivity contribution < 1.29 is 18.1 Å². The minimum absolute atomic E-state index is 0.0299. The minimum atomic E-state index is -3.47. The van der Waals surface area contributed by atoms with Crippen molar-refractivity contribution in [3.8, 4) is 0 Å². The van der Waals surface area contributed by atoms with Gasteiger partial charge in [0.2, 0.25) is 0 Å². The number of sulfone groups is 1. The lowest BCUT2D eigenvalue weighted by molar-refractivity contribution is -0.384. The van der Waals surface area contributed by atoms with Crippen LogP contribution >= 0.6 is 0 Å². The highest BCUT2D eigenvalue weighted by atomic mass is 32.2. The number of nitrogens with zero attached hydrogens (tertiary/aromatic N) is 1. The molecule has 1 unspecified atom stereocenters. The van der Waals surface area contributed by atoms with Crippen LogP contribution in [0.5, 0.6) is 0 Å². The molecule has 112 valence electrons. The molecule has 0 aromatic heterocycles. The SMILES string of the molecule is COCCC(C)Nc1ccc(S(C)(=O)=O)cc1[N+](=O)[O-]. The number of methoxy groups -OCH3 is 1. The van der Waals surface area contributed by atoms with E-state index < -0.39 is 14.8 Å². The Kier molecular flexibility index (Phi) is 5.46. The Morgan fingerprint density at radius 1 is 1.45 bits per heavy atom. The summed E-state index contributed by atoms with van der Waals surface area (Å²) in [6.07, 6.45) is 1.70. The predicted molar refractivity (Wildman–Crippen MR) is 75.8 cm³/mol. The van der Waals surface area contributed by atoms with Crippen LogP contribution in [-0.4, -0.2) is 39.4 Å². The predicted octanol–water partition coefficient (Wildman–Crippen LogP) is 1.84. The molecule has 8 heteroatoms. The van der Waals surface area contributed by atoms with E-state index in [4.69, 9.17) is 4.74 Å². The second-order valence-corrected chi connectivity index (χ2v) is 6.55. The van der Waals surface area contributed by atoms with Crippen molar-refractivity contribution in [1.29, 1.82) is 0 Å². The maximum atomic E-state index is 11.4. The van der Waals surface area contributed by atoms with Gasteiger partial charge in [0.05, 0.1) is 9.82 Å². The molecule has 0 bridgehead atoms. The van der Waals surface area contributed by atoms with Crippen molar-refractivity contribution in [2.24, 2.45) is 0 Å². The van der Waals surface area contributed by atoms with Crippen LogP contribution in [0.25, 0.3) is 0 Å². The summed E-state index contributed by atoms with van der Waals surface area (Å²) in [5.74, 6) is 0. The van der Waals surface area contributed by atoms with Gasteiger partial charge in [-0.1, -0.05) is 0 Å². The highest BCUT2D eigenvalue weighted by Gasteiger charge is 2.19. The summed E-state index contributed by atoms with van der Waals surface area (Å²) in [7, 11) is -1.89. The van der Waals surface area contributed by atoms with E-state index in [1.165, 1.54) is 12.1 Å². The molecule has 1 N–H and O–H groups in total. The molecule has 0 fully saturated rings. The van der Waals surface area contributed by atoms with E-state index in [1.54, 1.807) is 7.11 Å². The summed E-state index contributed by atoms with van der Waals surface area (Å²) in [5, 5.41) is 14.0. The van der Waals surface area contributed by atoms with Crippen molar-refractivity contribution in [3.63, 3.8) is 0 Å². The smallest absolute Gasteiger partial charge is 0.293 e. The molecule has 1 aromatic carbocycles. The van der Waals surface area contributed by atoms with Gasteiger partial charge in [-0.15, -0.1) is 0 Å². The number of hydrogen-bond acceptors (Lipinski definition) is 6. The maximum Gasteiger partial charge on any atom is 0.293 e. The molecule has 1 aromatic rings. The molecule has 0 radical (unpaired) electrons. The molecule has 0 aliphatic heterocycles. The third kappa shape index (κ3) is 4.46. The van der Waals surface area contributed by atoms with E-state index in [0.29, 0.717) is 18.7 Å². The van der Waals surface area contributed by atoms with Crippen LogP contribution in [0.2, 0.25) is 0 Å². The van der Waals surface area contributed by atoms with Crippen LogP contribution in [0.15, 0.2) is 23.1 Å². The van der Waals surface area contributed by atoms with E-state index in [9.17, 15) is 18.5 Å². The average molecular weight is 302 g/mol. The van der Waals surface area contributed by atoms with Gasteiger partial charge in [-0.25, -0.2) is 8.42 Å². The quantitative estimate of drug-likeness (QED) is 0.609. The molecule has 0 amide bonds. The summed E-state index contributed by atoms with van der Waals surface area (Å²) >= 11 is 0. The van der Waals surface area contributed by atoms with E-state index in [0.717, 1.165) is 12.3 Å². The maximum absolute atomic E-state index is 11.4. The highest BCUT2D eigenvalue weighted by molar-refractivity contribution is 7.90. The lowest BCUT2D eigenvalue weighted by Crippen LogP contribution is -2.18. The Hall–Kier alpha value is -1.67. The Morgan fingerprint density at radius 3 is 2.60 bits per heavy atom. The monoisotopic (exact) mass is 302 g/mol. The zero-order valence-corrected chi connectivity index (χ0v) is 12.4. The molecule has 7 nitrogen and oxygen atoms in total. The molecular weight excluding hydrogens is 284 g/mol. The number of hydrogen-bond donors (Lipinski definition) is 1. The van der Waals surface area contributed by atoms with Gasteiger partial charge < -0.3 is 10.1 Å². The van der Waals surface area contributed by atoms with Gasteiger partial charge in [0, 0.05) is 32.1 Å². The standard InChI is InChI=1S/C12H18N2O5S/c1-9(6-7-19-2)13-11-5-4-10(20(3,17)18)8-12(11)14(15)16/h4-5,8-9,13H,6-7H2,1-3H3. The van der Waals surface area contributed by atoms with Crippen LogP contribution in [-0.2, 0) is 14.6 Å². The van der Waals surface area contributed by atoms with Crippen LogP contribution in [0.4, 0.5) is 11.4 Å². The number of nitro groups is 1. The topological polar surface area (TPSA) is 98.5 Å². The Balaban J connectivity index is 3.05. The lowest BCUT2D eigenvalue weighted by atomic mass is 10.2. The molecule has 0 aliphatic rings. The van der Waals surface area contributed by atoms with Gasteiger partial charge in [0.15, 0.2) is 9.84 Å². The fourth-order valence-corrected chi connectivity index (χ4v) is 2.29. The number of nitrogens with one attached hydrogen (secondary N) is 1. The Labute approximate surface area is 118 Å². The molecular formula is C12H18N2O5S. The second-order valence-electron chi connectivity index (χ2n) is 4.54. The van der Waals surface area contributed by atoms with Crippen molar-refractivity contribution in [1.82, 2.24) is 0 Å². The zero-order valence-electron chi connectivity index (χ0n) is 11.6. The van der Waals surface area contributed by atoms with Gasteiger partial charge in [-0.2, -0.15) is 0 Å². The first-order valence-corrected chi connectivity index (χ1v) is 7.89. The highest BCUT2D eigenvalue weighted by Crippen LogP contribution is 2.28. The largest absolute Gasteiger partial charge is 0.385 e. The van der Waals surface area contributed by atoms with Crippen molar-refractivity contribution >= 4 is 21.2 Å². The number of nitro benzene ring substituents is 1. The van der Waals surface area contributed by atoms with E-state index in [2.05, 4.69) is 5.32 Å². The summed E-state index contributed by atoms with van der Waals surface area (Å²) in [4.78, 5) is 10.4. The molecule has 0 heterocycles. The third-order valence-electron chi connectivity index (χ3n) is 2.75. The van der Waals surface area contributed by atoms with Crippen molar-refractivity contribution in [3.05, 3.63) is 28.3 Å². The van der Waals surface area contributed by atoms with E-state index in [1.807, 2.05) is 6.92 Å². The summed E-state index contributed by atoms with van der Waals surface area (Å²) < 4.78 is 27.8. The molecule has 0 aliphatic carbocycles. The van der Waals surface area contributed by atoms with Gasteiger partial charge >= 0.3 is 0 Å². The second kappa shape index (κ2) is 6.67. The number of rotatable bonds is 7. The first-order chi connectivity index (χ1) is 9.25. The number of anilines is 1. The minimum Gasteiger partial charge on any atom is -0.385 e. The normalized spacial score (nSPS) is 12.9. The molecule has 0 saturated carbocycles. The molecule has 20 heavy (non-hydrogen) atoms. The summed E-state index contributed by atoms with van der Waals surface area (Å²) in [6.45, 7) is 2.40. The third-order valence-corrected chi connectivity index (χ3v) is 3.86. The van der Waals surface area contributed by atoms with Gasteiger partial charge in [-0.3, -0.25) is 10.1 Å². The molecule has 1 atom stereocenters. The zero-order chi connectivity index (χ0) is 15.3. The summed E-state index contributed by atoms with van der Waals surface area (Å²) in [5.41, 5.74) is 0.0446. The van der Waals surface area contributed by atoms with Crippen LogP contribution < -0.4 is 5.32 Å². The first kappa shape index (κ1) is 16.4. The van der Waals surface area contributed by atoms with Crippen LogP contribution in [0.1, 0.15) is 13.3 Å². The number of ether oxygens (including phenoxy) is 1. The van der Waals surface area contributed by atoms with Gasteiger partial charge in [0.25, 0.3) is 5.69 Å². The van der Waals surface area contributed by atoms with Crippen molar-refractivity contribution in [2.45, 2.75) is 24.3 Å². The van der Waals surface area contributed by atoms with Crippen LogP contribution in [0, 0.1) is 10.1 Å². The number of benzene rings is 1. The average Bonchev–Trinajstić information content (AvgIpc) is 2.35. The van der Waals surface area contributed by atoms with E-state index >= 15 is 0 Å².